The fraction of sp³-hybridized carbons (Fsp3) is 0.385. The van der Waals surface area contributed by atoms with E-state index < -0.39 is 11.3 Å². The van der Waals surface area contributed by atoms with Crippen LogP contribution >= 0.6 is 15.9 Å². The predicted molar refractivity (Wildman–Crippen MR) is 74.2 cm³/mol. The topological polar surface area (TPSA) is 72.2 Å². The third kappa shape index (κ3) is 3.32. The van der Waals surface area contributed by atoms with Crippen molar-refractivity contribution in [3.05, 3.63) is 33.8 Å². The first-order valence-electron chi connectivity index (χ1n) is 5.59. The van der Waals surface area contributed by atoms with Gasteiger partial charge in [-0.1, -0.05) is 12.1 Å². The lowest BCUT2D eigenvalue weighted by atomic mass is 9.92. The van der Waals surface area contributed by atoms with Crippen LogP contribution < -0.4 is 11.1 Å². The summed E-state index contributed by atoms with van der Waals surface area (Å²) >= 11 is 3.38. The third-order valence-electron chi connectivity index (χ3n) is 2.79. The minimum absolute atomic E-state index is 0.210. The Morgan fingerprint density at radius 2 is 2.00 bits per heavy atom. The van der Waals surface area contributed by atoms with E-state index in [1.807, 2.05) is 19.1 Å². The Balaban J connectivity index is 2.78. The van der Waals surface area contributed by atoms with E-state index in [-0.39, 0.29) is 12.5 Å². The summed E-state index contributed by atoms with van der Waals surface area (Å²) in [6.45, 7) is 5.51. The highest BCUT2D eigenvalue weighted by molar-refractivity contribution is 9.10. The van der Waals surface area contributed by atoms with Crippen LogP contribution in [0.4, 0.5) is 0 Å². The van der Waals surface area contributed by atoms with E-state index in [2.05, 4.69) is 21.2 Å². The molecule has 5 heteroatoms. The molecule has 0 fully saturated rings. The third-order valence-corrected chi connectivity index (χ3v) is 3.85. The zero-order valence-electron chi connectivity index (χ0n) is 10.7. The van der Waals surface area contributed by atoms with Gasteiger partial charge < -0.3 is 11.1 Å². The summed E-state index contributed by atoms with van der Waals surface area (Å²) in [7, 11) is 0. The van der Waals surface area contributed by atoms with Gasteiger partial charge in [0.2, 0.25) is 5.91 Å². The summed E-state index contributed by atoms with van der Waals surface area (Å²) < 4.78 is 0.763. The van der Waals surface area contributed by atoms with Gasteiger partial charge in [-0.3, -0.25) is 9.59 Å². The van der Waals surface area contributed by atoms with Crippen LogP contribution in [0.25, 0.3) is 0 Å². The molecule has 0 aromatic heterocycles. The van der Waals surface area contributed by atoms with Gasteiger partial charge in [0, 0.05) is 11.0 Å². The molecular formula is C13H17BrN2O2. The van der Waals surface area contributed by atoms with E-state index in [4.69, 9.17) is 5.73 Å². The number of carbonyl (C=O) groups is 2. The lowest BCUT2D eigenvalue weighted by molar-refractivity contribution is -0.125. The van der Waals surface area contributed by atoms with Crippen molar-refractivity contribution >= 4 is 27.7 Å². The maximum absolute atomic E-state index is 12.0. The van der Waals surface area contributed by atoms with E-state index >= 15 is 0 Å². The van der Waals surface area contributed by atoms with Crippen molar-refractivity contribution in [1.82, 2.24) is 5.32 Å². The second-order valence-electron chi connectivity index (χ2n) is 4.87. The highest BCUT2D eigenvalue weighted by atomic mass is 79.9. The molecule has 0 bridgehead atoms. The maximum Gasteiger partial charge on any atom is 0.252 e. The second kappa shape index (κ2) is 5.52. The summed E-state index contributed by atoms with van der Waals surface area (Å²) in [5, 5.41) is 2.72. The van der Waals surface area contributed by atoms with E-state index in [9.17, 15) is 9.59 Å². The van der Waals surface area contributed by atoms with Gasteiger partial charge in [0.15, 0.2) is 0 Å². The molecule has 0 saturated carbocycles. The average molecular weight is 313 g/mol. The van der Waals surface area contributed by atoms with E-state index in [0.29, 0.717) is 5.56 Å². The molecule has 1 aromatic carbocycles. The Bertz CT molecular complexity index is 484. The monoisotopic (exact) mass is 312 g/mol. The van der Waals surface area contributed by atoms with Crippen LogP contribution in [0.3, 0.4) is 0 Å². The number of hydrogen-bond acceptors (Lipinski definition) is 2. The number of hydrogen-bond donors (Lipinski definition) is 2. The van der Waals surface area contributed by atoms with Gasteiger partial charge in [-0.05, 0) is 48.3 Å². The number of rotatable bonds is 4. The molecule has 2 amide bonds. The van der Waals surface area contributed by atoms with Crippen LogP contribution in [-0.4, -0.2) is 18.4 Å². The second-order valence-corrected chi connectivity index (χ2v) is 5.66. The van der Waals surface area contributed by atoms with Crippen molar-refractivity contribution in [3.63, 3.8) is 0 Å². The fourth-order valence-electron chi connectivity index (χ4n) is 1.31. The molecule has 1 aromatic rings. The Kier molecular flexibility index (Phi) is 4.51. The smallest absolute Gasteiger partial charge is 0.252 e. The van der Waals surface area contributed by atoms with Gasteiger partial charge in [0.25, 0.3) is 5.91 Å². The van der Waals surface area contributed by atoms with Crippen LogP contribution in [0.2, 0.25) is 0 Å². The molecule has 0 unspecified atom stereocenters. The highest BCUT2D eigenvalue weighted by Gasteiger charge is 2.25. The molecular weight excluding hydrogens is 296 g/mol. The molecule has 4 nitrogen and oxygen atoms in total. The number of aryl methyl sites for hydroxylation is 1. The molecule has 98 valence electrons. The highest BCUT2D eigenvalue weighted by Crippen LogP contribution is 2.21. The first-order valence-corrected chi connectivity index (χ1v) is 6.38. The fourth-order valence-corrected chi connectivity index (χ4v) is 1.75. The average Bonchev–Trinajstić information content (AvgIpc) is 2.29. The van der Waals surface area contributed by atoms with Gasteiger partial charge in [-0.2, -0.15) is 0 Å². The van der Waals surface area contributed by atoms with Crippen molar-refractivity contribution in [2.24, 2.45) is 11.1 Å². The summed E-state index contributed by atoms with van der Waals surface area (Å²) in [5.74, 6) is -0.661. The van der Waals surface area contributed by atoms with Crippen molar-refractivity contribution in [2.45, 2.75) is 20.8 Å². The quantitative estimate of drug-likeness (QED) is 0.892. The summed E-state index contributed by atoms with van der Waals surface area (Å²) in [6, 6.07) is 5.45. The number of benzene rings is 1. The molecule has 1 rings (SSSR count). The number of primary amides is 1. The summed E-state index contributed by atoms with van der Waals surface area (Å²) in [4.78, 5) is 23.1. The van der Waals surface area contributed by atoms with Crippen molar-refractivity contribution in [3.8, 4) is 0 Å². The molecule has 0 atom stereocenters. The van der Waals surface area contributed by atoms with E-state index in [1.165, 1.54) is 0 Å². The van der Waals surface area contributed by atoms with Crippen LogP contribution in [0.5, 0.6) is 0 Å². The largest absolute Gasteiger partial charge is 0.369 e. The van der Waals surface area contributed by atoms with Gasteiger partial charge >= 0.3 is 0 Å². The molecule has 0 spiro atoms. The molecule has 0 radical (unpaired) electrons. The van der Waals surface area contributed by atoms with Crippen LogP contribution in [0.15, 0.2) is 22.7 Å². The Morgan fingerprint density at radius 1 is 1.39 bits per heavy atom. The number of halogens is 1. The zero-order valence-corrected chi connectivity index (χ0v) is 12.3. The Morgan fingerprint density at radius 3 is 2.56 bits per heavy atom. The zero-order chi connectivity index (χ0) is 13.9. The maximum atomic E-state index is 12.0. The van der Waals surface area contributed by atoms with Crippen molar-refractivity contribution in [1.29, 1.82) is 0 Å². The molecule has 0 saturated heterocycles. The number of carbonyl (C=O) groups excluding carboxylic acids is 2. The van der Waals surface area contributed by atoms with Gasteiger partial charge in [0.05, 0.1) is 11.0 Å². The van der Waals surface area contributed by atoms with Crippen LogP contribution in [0.1, 0.15) is 29.8 Å². The number of nitrogens with one attached hydrogen (secondary N) is 1. The van der Waals surface area contributed by atoms with Gasteiger partial charge in [-0.25, -0.2) is 0 Å². The first-order chi connectivity index (χ1) is 8.25. The normalized spacial score (nSPS) is 11.1. The van der Waals surface area contributed by atoms with Gasteiger partial charge in [0.1, 0.15) is 0 Å². The Hall–Kier alpha value is -1.36. The lowest BCUT2D eigenvalue weighted by Gasteiger charge is -2.21. The minimum atomic E-state index is -0.758. The van der Waals surface area contributed by atoms with Crippen molar-refractivity contribution in [2.75, 3.05) is 6.54 Å². The van der Waals surface area contributed by atoms with Crippen LogP contribution in [0, 0.1) is 12.3 Å². The molecule has 0 aliphatic carbocycles. The van der Waals surface area contributed by atoms with Crippen molar-refractivity contribution < 1.29 is 9.59 Å². The molecule has 18 heavy (non-hydrogen) atoms. The molecule has 3 N–H and O–H groups in total. The minimum Gasteiger partial charge on any atom is -0.369 e. The predicted octanol–water partition coefficient (Wildman–Crippen LogP) is 2.00. The number of amides is 2. The molecule has 0 heterocycles. The van der Waals surface area contributed by atoms with Crippen LogP contribution in [-0.2, 0) is 4.79 Å². The Labute approximate surface area is 115 Å². The lowest BCUT2D eigenvalue weighted by Crippen LogP contribution is -2.42. The van der Waals surface area contributed by atoms with Gasteiger partial charge in [-0.15, -0.1) is 0 Å². The SMILES string of the molecule is Cc1cccc(C(=O)NCC(C)(C)C(N)=O)c1Br. The van der Waals surface area contributed by atoms with E-state index in [0.717, 1.165) is 10.0 Å². The first kappa shape index (κ1) is 14.7. The molecule has 0 aliphatic rings. The number of nitrogens with two attached hydrogens (primary N) is 1. The summed E-state index contributed by atoms with van der Waals surface area (Å²) in [5.41, 5.74) is 6.03. The standard InChI is InChI=1S/C13H17BrN2O2/c1-8-5-4-6-9(10(8)14)11(17)16-7-13(2,3)12(15)18/h4-6H,7H2,1-3H3,(H2,15,18)(H,16,17). The van der Waals surface area contributed by atoms with E-state index in [1.54, 1.807) is 19.9 Å². The molecule has 0 aliphatic heterocycles. The summed E-state index contributed by atoms with van der Waals surface area (Å²) in [6.07, 6.45) is 0.